The fourth-order valence-electron chi connectivity index (χ4n) is 2.96. The minimum Gasteiger partial charge on any atom is -0.481 e. The number of hydrogen-bond acceptors (Lipinski definition) is 3. The number of carboxylic acid groups (broad SMARTS) is 1. The zero-order valence-electron chi connectivity index (χ0n) is 13.7. The molecule has 1 heterocycles. The Morgan fingerprint density at radius 2 is 2.04 bits per heavy atom. The van der Waals surface area contributed by atoms with Crippen molar-refractivity contribution in [1.82, 2.24) is 4.90 Å². The number of amides is 1. The molecule has 0 saturated heterocycles. The van der Waals surface area contributed by atoms with Crippen LogP contribution in [0.4, 0.5) is 4.39 Å². The number of nitrogens with zero attached hydrogens (tertiary/aromatic N) is 1. The molecule has 0 radical (unpaired) electrons. The summed E-state index contributed by atoms with van der Waals surface area (Å²) >= 11 is 0. The van der Waals surface area contributed by atoms with Crippen LogP contribution in [-0.2, 0) is 16.1 Å². The second-order valence-electron chi connectivity index (χ2n) is 6.09. The predicted molar refractivity (Wildman–Crippen MR) is 88.9 cm³/mol. The van der Waals surface area contributed by atoms with Gasteiger partial charge < -0.3 is 14.7 Å². The summed E-state index contributed by atoms with van der Waals surface area (Å²) in [7, 11) is 0. The van der Waals surface area contributed by atoms with E-state index in [4.69, 9.17) is 4.74 Å². The summed E-state index contributed by atoms with van der Waals surface area (Å²) in [5, 5.41) is 9.44. The van der Waals surface area contributed by atoms with Crippen LogP contribution in [0.25, 0.3) is 0 Å². The first-order valence-corrected chi connectivity index (χ1v) is 7.93. The van der Waals surface area contributed by atoms with Crippen LogP contribution in [-0.4, -0.2) is 35.0 Å². The molecule has 0 spiro atoms. The van der Waals surface area contributed by atoms with Gasteiger partial charge in [0.05, 0.1) is 5.92 Å². The van der Waals surface area contributed by atoms with Gasteiger partial charge >= 0.3 is 5.97 Å². The number of hydrogen-bond donors (Lipinski definition) is 1. The summed E-state index contributed by atoms with van der Waals surface area (Å²) in [6, 6.07) is 11.6. The van der Waals surface area contributed by atoms with Crippen molar-refractivity contribution in [3.8, 4) is 5.75 Å². The largest absolute Gasteiger partial charge is 0.481 e. The minimum absolute atomic E-state index is 0.0144. The first-order chi connectivity index (χ1) is 12.0. The third-order valence-electron chi connectivity index (χ3n) is 4.28. The van der Waals surface area contributed by atoms with E-state index in [0.717, 1.165) is 16.7 Å². The average Bonchev–Trinajstić information content (AvgIpc) is 2.61. The molecule has 0 fully saturated rings. The maximum Gasteiger partial charge on any atom is 0.312 e. The second kappa shape index (κ2) is 6.93. The van der Waals surface area contributed by atoms with E-state index in [1.54, 1.807) is 25.1 Å². The lowest BCUT2D eigenvalue weighted by Crippen LogP contribution is -2.42. The number of fused-ring (bicyclic) bond motifs is 1. The summed E-state index contributed by atoms with van der Waals surface area (Å²) in [6.07, 6.45) is 0. The van der Waals surface area contributed by atoms with Gasteiger partial charge in [-0.15, -0.1) is 0 Å². The summed E-state index contributed by atoms with van der Waals surface area (Å²) < 4.78 is 19.0. The number of aryl methyl sites for hydroxylation is 1. The maximum absolute atomic E-state index is 13.7. The van der Waals surface area contributed by atoms with Gasteiger partial charge in [0, 0.05) is 13.1 Å². The van der Waals surface area contributed by atoms with Crippen LogP contribution < -0.4 is 4.74 Å². The fourth-order valence-corrected chi connectivity index (χ4v) is 2.96. The summed E-state index contributed by atoms with van der Waals surface area (Å²) in [5.41, 5.74) is 2.35. The van der Waals surface area contributed by atoms with Gasteiger partial charge in [0.1, 0.15) is 0 Å². The predicted octanol–water partition coefficient (Wildman–Crippen LogP) is 2.72. The Kier molecular flexibility index (Phi) is 4.70. The first-order valence-electron chi connectivity index (χ1n) is 7.93. The van der Waals surface area contributed by atoms with Crippen molar-refractivity contribution in [2.75, 3.05) is 13.2 Å². The van der Waals surface area contributed by atoms with Gasteiger partial charge in [0.15, 0.2) is 18.2 Å². The van der Waals surface area contributed by atoms with E-state index in [1.807, 2.05) is 12.1 Å². The van der Waals surface area contributed by atoms with E-state index in [9.17, 15) is 19.1 Å². The van der Waals surface area contributed by atoms with Crippen molar-refractivity contribution < 1.29 is 23.8 Å². The van der Waals surface area contributed by atoms with Crippen LogP contribution in [0, 0.1) is 12.7 Å². The highest BCUT2D eigenvalue weighted by Gasteiger charge is 2.32. The van der Waals surface area contributed by atoms with Crippen LogP contribution in [0.15, 0.2) is 42.5 Å². The van der Waals surface area contributed by atoms with Crippen molar-refractivity contribution in [3.63, 3.8) is 0 Å². The van der Waals surface area contributed by atoms with Crippen molar-refractivity contribution in [3.05, 3.63) is 65.0 Å². The highest BCUT2D eigenvalue weighted by molar-refractivity contribution is 5.82. The molecule has 3 rings (SSSR count). The topological polar surface area (TPSA) is 66.8 Å². The van der Waals surface area contributed by atoms with Crippen LogP contribution >= 0.6 is 0 Å². The molecule has 1 aliphatic heterocycles. The van der Waals surface area contributed by atoms with Gasteiger partial charge in [0.2, 0.25) is 0 Å². The molecule has 0 saturated carbocycles. The van der Waals surface area contributed by atoms with E-state index in [2.05, 4.69) is 0 Å². The second-order valence-corrected chi connectivity index (χ2v) is 6.09. The highest BCUT2D eigenvalue weighted by Crippen LogP contribution is 2.28. The van der Waals surface area contributed by atoms with Crippen molar-refractivity contribution in [2.45, 2.75) is 19.4 Å². The third-order valence-corrected chi connectivity index (χ3v) is 4.28. The smallest absolute Gasteiger partial charge is 0.312 e. The number of aliphatic carboxylic acids is 1. The Hall–Kier alpha value is -2.89. The van der Waals surface area contributed by atoms with Crippen LogP contribution in [0.3, 0.4) is 0 Å². The summed E-state index contributed by atoms with van der Waals surface area (Å²) in [6.45, 7) is 1.85. The average molecular weight is 343 g/mol. The number of carboxylic acids is 1. The molecular weight excluding hydrogens is 325 g/mol. The van der Waals surface area contributed by atoms with E-state index in [1.165, 1.54) is 17.0 Å². The van der Waals surface area contributed by atoms with Crippen molar-refractivity contribution in [2.24, 2.45) is 0 Å². The Labute approximate surface area is 144 Å². The standard InChI is InChI=1S/C19H18FNO4/c1-12-6-7-16(20)17(8-12)25-11-18(22)21-9-13-4-2-3-5-14(13)15(10-21)19(23)24/h2-8,15H,9-11H2,1H3,(H,23,24). The Bertz CT molecular complexity index is 821. The molecule has 5 nitrogen and oxygen atoms in total. The normalized spacial score (nSPS) is 16.2. The van der Waals surface area contributed by atoms with Crippen LogP contribution in [0.5, 0.6) is 5.75 Å². The third kappa shape index (κ3) is 3.63. The number of ether oxygens (including phenoxy) is 1. The van der Waals surface area contributed by atoms with Gasteiger partial charge in [-0.3, -0.25) is 9.59 Å². The van der Waals surface area contributed by atoms with Crippen LogP contribution in [0.2, 0.25) is 0 Å². The van der Waals surface area contributed by atoms with E-state index >= 15 is 0 Å². The minimum atomic E-state index is -0.976. The number of carbonyl (C=O) groups excluding carboxylic acids is 1. The molecule has 1 N–H and O–H groups in total. The van der Waals surface area contributed by atoms with Crippen LogP contribution in [0.1, 0.15) is 22.6 Å². The zero-order chi connectivity index (χ0) is 18.0. The van der Waals surface area contributed by atoms with Gasteiger partial charge in [-0.05, 0) is 35.7 Å². The monoisotopic (exact) mass is 343 g/mol. The molecule has 25 heavy (non-hydrogen) atoms. The number of rotatable bonds is 4. The molecule has 2 aromatic rings. The molecule has 0 aliphatic carbocycles. The molecule has 0 aromatic heterocycles. The van der Waals surface area contributed by atoms with E-state index < -0.39 is 17.7 Å². The number of benzene rings is 2. The first kappa shape index (κ1) is 17.0. The molecule has 6 heteroatoms. The molecule has 1 aliphatic rings. The Morgan fingerprint density at radius 1 is 1.28 bits per heavy atom. The molecular formula is C19H18FNO4. The van der Waals surface area contributed by atoms with Gasteiger partial charge in [-0.1, -0.05) is 30.3 Å². The lowest BCUT2D eigenvalue weighted by Gasteiger charge is -2.32. The Morgan fingerprint density at radius 3 is 2.80 bits per heavy atom. The lowest BCUT2D eigenvalue weighted by molar-refractivity contribution is -0.142. The molecule has 130 valence electrons. The van der Waals surface area contributed by atoms with E-state index in [0.29, 0.717) is 6.54 Å². The number of carbonyl (C=O) groups is 2. The van der Waals surface area contributed by atoms with Gasteiger partial charge in [-0.2, -0.15) is 0 Å². The van der Waals surface area contributed by atoms with Crippen molar-refractivity contribution in [1.29, 1.82) is 0 Å². The molecule has 0 bridgehead atoms. The summed E-state index contributed by atoms with van der Waals surface area (Å²) in [4.78, 5) is 25.4. The Balaban J connectivity index is 1.73. The molecule has 1 atom stereocenters. The fraction of sp³-hybridized carbons (Fsp3) is 0.263. The molecule has 1 unspecified atom stereocenters. The molecule has 2 aromatic carbocycles. The number of halogens is 1. The molecule has 1 amide bonds. The SMILES string of the molecule is Cc1ccc(F)c(OCC(=O)N2Cc3ccccc3C(C(=O)O)C2)c1. The van der Waals surface area contributed by atoms with Gasteiger partial charge in [-0.25, -0.2) is 4.39 Å². The van der Waals surface area contributed by atoms with E-state index in [-0.39, 0.29) is 24.8 Å². The summed E-state index contributed by atoms with van der Waals surface area (Å²) in [5.74, 6) is -2.65. The lowest BCUT2D eigenvalue weighted by atomic mass is 9.90. The maximum atomic E-state index is 13.7. The quantitative estimate of drug-likeness (QED) is 0.927. The van der Waals surface area contributed by atoms with Crippen molar-refractivity contribution >= 4 is 11.9 Å². The highest BCUT2D eigenvalue weighted by atomic mass is 19.1. The zero-order valence-corrected chi connectivity index (χ0v) is 13.7. The van der Waals surface area contributed by atoms with Gasteiger partial charge in [0.25, 0.3) is 5.91 Å².